The van der Waals surface area contributed by atoms with E-state index in [-0.39, 0.29) is 17.6 Å². The molecule has 2 aromatic rings. The lowest BCUT2D eigenvalue weighted by Crippen LogP contribution is -2.23. The number of hydrogen-bond acceptors (Lipinski definition) is 2. The molecule has 1 amide bonds. The van der Waals surface area contributed by atoms with Crippen molar-refractivity contribution in [3.05, 3.63) is 58.6 Å². The Labute approximate surface area is 115 Å². The summed E-state index contributed by atoms with van der Waals surface area (Å²) in [5.74, 6) is -0.0000663. The second-order valence-corrected chi connectivity index (χ2v) is 5.01. The molecule has 4 heteroatoms. The van der Waals surface area contributed by atoms with Gasteiger partial charge in [-0.25, -0.2) is 0 Å². The van der Waals surface area contributed by atoms with Gasteiger partial charge < -0.3 is 10.4 Å². The third kappa shape index (κ3) is 2.17. The van der Waals surface area contributed by atoms with Crippen LogP contribution in [0, 0.1) is 0 Å². The molecule has 0 radical (unpaired) electrons. The van der Waals surface area contributed by atoms with Crippen LogP contribution >= 0.6 is 11.6 Å². The number of benzene rings is 2. The fourth-order valence-corrected chi connectivity index (χ4v) is 2.76. The smallest absolute Gasteiger partial charge is 0.225 e. The zero-order chi connectivity index (χ0) is 13.4. The number of amides is 1. The number of nitrogens with one attached hydrogen (secondary N) is 1. The number of carbonyl (C=O) groups is 1. The second-order valence-electron chi connectivity index (χ2n) is 4.60. The van der Waals surface area contributed by atoms with Crippen LogP contribution in [0.3, 0.4) is 0 Å². The molecule has 1 heterocycles. The zero-order valence-corrected chi connectivity index (χ0v) is 10.8. The molecule has 2 N–H and O–H groups in total. The van der Waals surface area contributed by atoms with Crippen LogP contribution in [0.2, 0.25) is 5.02 Å². The Bertz CT molecular complexity index is 654. The average Bonchev–Trinajstić information content (AvgIpc) is 2.38. The maximum Gasteiger partial charge on any atom is 0.225 e. The fraction of sp³-hybridized carbons (Fsp3) is 0.133. The fourth-order valence-electron chi connectivity index (χ4n) is 2.49. The zero-order valence-electron chi connectivity index (χ0n) is 10.1. The molecule has 1 aliphatic heterocycles. The summed E-state index contributed by atoms with van der Waals surface area (Å²) in [7, 11) is 0. The number of aromatic hydroxyl groups is 1. The first-order valence-electron chi connectivity index (χ1n) is 6.02. The van der Waals surface area contributed by atoms with E-state index in [1.807, 2.05) is 30.3 Å². The summed E-state index contributed by atoms with van der Waals surface area (Å²) in [6, 6.07) is 12.6. The molecule has 0 aliphatic carbocycles. The van der Waals surface area contributed by atoms with Gasteiger partial charge in [-0.05, 0) is 23.3 Å². The molecule has 0 bridgehead atoms. The first-order chi connectivity index (χ1) is 9.15. The highest BCUT2D eigenvalue weighted by Gasteiger charge is 2.27. The largest absolute Gasteiger partial charge is 0.508 e. The second kappa shape index (κ2) is 4.59. The molecule has 1 unspecified atom stereocenters. The van der Waals surface area contributed by atoms with Crippen molar-refractivity contribution < 1.29 is 9.90 Å². The van der Waals surface area contributed by atoms with Gasteiger partial charge in [0.1, 0.15) is 5.75 Å². The van der Waals surface area contributed by atoms with E-state index in [1.165, 1.54) is 0 Å². The van der Waals surface area contributed by atoms with E-state index in [0.717, 1.165) is 11.1 Å². The molecule has 1 aliphatic rings. The lowest BCUT2D eigenvalue weighted by atomic mass is 9.85. The van der Waals surface area contributed by atoms with Crippen LogP contribution in [0.25, 0.3) is 0 Å². The summed E-state index contributed by atoms with van der Waals surface area (Å²) in [6.45, 7) is 0. The van der Waals surface area contributed by atoms with E-state index >= 15 is 0 Å². The van der Waals surface area contributed by atoms with Crippen LogP contribution in [0.15, 0.2) is 42.5 Å². The molecular weight excluding hydrogens is 262 g/mol. The Kier molecular flexibility index (Phi) is 2.91. The van der Waals surface area contributed by atoms with Crippen LogP contribution in [0.4, 0.5) is 5.69 Å². The molecule has 2 aromatic carbocycles. The molecule has 96 valence electrons. The van der Waals surface area contributed by atoms with Gasteiger partial charge in [-0.15, -0.1) is 0 Å². The summed E-state index contributed by atoms with van der Waals surface area (Å²) in [5, 5.41) is 12.9. The highest BCUT2D eigenvalue weighted by molar-refractivity contribution is 6.31. The van der Waals surface area contributed by atoms with Gasteiger partial charge in [-0.2, -0.15) is 0 Å². The van der Waals surface area contributed by atoms with Gasteiger partial charge in [0.2, 0.25) is 5.91 Å². The summed E-state index contributed by atoms with van der Waals surface area (Å²) >= 11 is 6.22. The monoisotopic (exact) mass is 273 g/mol. The van der Waals surface area contributed by atoms with E-state index in [9.17, 15) is 9.90 Å². The van der Waals surface area contributed by atoms with E-state index in [2.05, 4.69) is 5.32 Å². The molecule has 0 saturated carbocycles. The number of hydrogen-bond donors (Lipinski definition) is 2. The first-order valence-corrected chi connectivity index (χ1v) is 6.40. The molecule has 0 saturated heterocycles. The van der Waals surface area contributed by atoms with E-state index < -0.39 is 0 Å². The van der Waals surface area contributed by atoms with Crippen LogP contribution < -0.4 is 5.32 Å². The molecule has 0 fully saturated rings. The summed E-state index contributed by atoms with van der Waals surface area (Å²) < 4.78 is 0. The lowest BCUT2D eigenvalue weighted by molar-refractivity contribution is -0.116. The number of fused-ring (bicyclic) bond motifs is 1. The summed E-state index contributed by atoms with van der Waals surface area (Å²) in [4.78, 5) is 11.8. The minimum atomic E-state index is -0.0713. The third-order valence-corrected chi connectivity index (χ3v) is 3.70. The van der Waals surface area contributed by atoms with Crippen molar-refractivity contribution in [3.8, 4) is 5.75 Å². The number of phenolic OH excluding ortho intramolecular Hbond substituents is 1. The first kappa shape index (κ1) is 12.1. The van der Waals surface area contributed by atoms with Crippen molar-refractivity contribution in [2.24, 2.45) is 0 Å². The molecule has 1 atom stereocenters. The van der Waals surface area contributed by atoms with Gasteiger partial charge in [0.25, 0.3) is 0 Å². The minimum absolute atomic E-state index is 0.0666. The Morgan fingerprint density at radius 1 is 1.16 bits per heavy atom. The summed E-state index contributed by atoms with van der Waals surface area (Å²) in [6.07, 6.45) is 0.363. The van der Waals surface area contributed by atoms with E-state index in [1.54, 1.807) is 12.1 Å². The van der Waals surface area contributed by atoms with Crippen molar-refractivity contribution in [3.63, 3.8) is 0 Å². The number of carbonyl (C=O) groups excluding carboxylic acids is 1. The van der Waals surface area contributed by atoms with Crippen LogP contribution in [-0.4, -0.2) is 11.0 Å². The maximum absolute atomic E-state index is 11.8. The summed E-state index contributed by atoms with van der Waals surface area (Å²) in [5.41, 5.74) is 2.57. The van der Waals surface area contributed by atoms with Gasteiger partial charge in [-0.3, -0.25) is 4.79 Å². The Morgan fingerprint density at radius 3 is 2.74 bits per heavy atom. The third-order valence-electron chi connectivity index (χ3n) is 3.36. The number of anilines is 1. The lowest BCUT2D eigenvalue weighted by Gasteiger charge is -2.26. The van der Waals surface area contributed by atoms with Gasteiger partial charge in [0.05, 0.1) is 0 Å². The van der Waals surface area contributed by atoms with Gasteiger partial charge in [0, 0.05) is 29.1 Å². The predicted octanol–water partition coefficient (Wildman–Crippen LogP) is 3.52. The highest BCUT2D eigenvalue weighted by atomic mass is 35.5. The van der Waals surface area contributed by atoms with Gasteiger partial charge >= 0.3 is 0 Å². The molecule has 19 heavy (non-hydrogen) atoms. The predicted molar refractivity (Wildman–Crippen MR) is 74.6 cm³/mol. The normalized spacial score (nSPS) is 17.7. The Hall–Kier alpha value is -2.00. The number of rotatable bonds is 1. The standard InChI is InChI=1S/C15H12ClNO2/c16-13-4-2-1-3-10(13)12-8-15(19)17-14-7-9(18)5-6-11(12)14/h1-7,12,18H,8H2,(H,17,19). The molecule has 3 nitrogen and oxygen atoms in total. The topological polar surface area (TPSA) is 49.3 Å². The Morgan fingerprint density at radius 2 is 1.95 bits per heavy atom. The molecule has 0 aromatic heterocycles. The quantitative estimate of drug-likeness (QED) is 0.835. The average molecular weight is 274 g/mol. The highest BCUT2D eigenvalue weighted by Crippen LogP contribution is 2.40. The van der Waals surface area contributed by atoms with Crippen molar-refractivity contribution in [2.75, 3.05) is 5.32 Å². The molecular formula is C15H12ClNO2. The van der Waals surface area contributed by atoms with Crippen LogP contribution in [0.1, 0.15) is 23.5 Å². The molecule has 3 rings (SSSR count). The SMILES string of the molecule is O=C1CC(c2ccccc2Cl)c2ccc(O)cc2N1. The number of halogens is 1. The van der Waals surface area contributed by atoms with Crippen molar-refractivity contribution >= 4 is 23.2 Å². The maximum atomic E-state index is 11.8. The van der Waals surface area contributed by atoms with Gasteiger partial charge in [-0.1, -0.05) is 35.9 Å². The molecule has 0 spiro atoms. The van der Waals surface area contributed by atoms with Gasteiger partial charge in [0.15, 0.2) is 0 Å². The van der Waals surface area contributed by atoms with Crippen LogP contribution in [0.5, 0.6) is 5.75 Å². The van der Waals surface area contributed by atoms with Crippen molar-refractivity contribution in [1.29, 1.82) is 0 Å². The van der Waals surface area contributed by atoms with E-state index in [0.29, 0.717) is 17.1 Å². The van der Waals surface area contributed by atoms with Crippen LogP contribution in [-0.2, 0) is 4.79 Å². The van der Waals surface area contributed by atoms with Crippen molar-refractivity contribution in [2.45, 2.75) is 12.3 Å². The number of phenols is 1. The van der Waals surface area contributed by atoms with E-state index in [4.69, 9.17) is 11.6 Å². The minimum Gasteiger partial charge on any atom is -0.508 e. The van der Waals surface area contributed by atoms with Crippen molar-refractivity contribution in [1.82, 2.24) is 0 Å². The Balaban J connectivity index is 2.14.